The van der Waals surface area contributed by atoms with Gasteiger partial charge in [0.1, 0.15) is 5.78 Å². The lowest BCUT2D eigenvalue weighted by molar-refractivity contribution is -0.123. The van der Waals surface area contributed by atoms with Gasteiger partial charge in [-0.25, -0.2) is 0 Å². The zero-order valence-electron chi connectivity index (χ0n) is 11.4. The monoisotopic (exact) mass is 243 g/mol. The highest BCUT2D eigenvalue weighted by Gasteiger charge is 2.27. The fraction of sp³-hybridized carbons (Fsp3) is 0.923. The highest BCUT2D eigenvalue weighted by molar-refractivity contribution is 5.80. The summed E-state index contributed by atoms with van der Waals surface area (Å²) in [5.41, 5.74) is 0. The van der Waals surface area contributed by atoms with Crippen molar-refractivity contribution in [1.29, 1.82) is 0 Å². The molecule has 0 N–H and O–H groups in total. The van der Waals surface area contributed by atoms with Gasteiger partial charge < -0.3 is 9.47 Å². The summed E-state index contributed by atoms with van der Waals surface area (Å²) >= 11 is 0. The van der Waals surface area contributed by atoms with Crippen molar-refractivity contribution in [3.05, 3.63) is 0 Å². The SMILES string of the molecule is CC(C)C(=O)CCOCC1COCN1C(C)C. The van der Waals surface area contributed by atoms with Gasteiger partial charge in [0.25, 0.3) is 0 Å². The van der Waals surface area contributed by atoms with Crippen molar-refractivity contribution < 1.29 is 14.3 Å². The maximum absolute atomic E-state index is 11.4. The maximum atomic E-state index is 11.4. The number of rotatable bonds is 7. The summed E-state index contributed by atoms with van der Waals surface area (Å²) in [6.45, 7) is 10.8. The van der Waals surface area contributed by atoms with Crippen LogP contribution in [0.1, 0.15) is 34.1 Å². The average molecular weight is 243 g/mol. The number of nitrogens with zero attached hydrogens (tertiary/aromatic N) is 1. The lowest BCUT2D eigenvalue weighted by atomic mass is 10.1. The molecule has 1 unspecified atom stereocenters. The molecule has 0 amide bonds. The number of ether oxygens (including phenoxy) is 2. The van der Waals surface area contributed by atoms with E-state index in [-0.39, 0.29) is 11.7 Å². The van der Waals surface area contributed by atoms with E-state index in [0.717, 1.165) is 6.61 Å². The number of carbonyl (C=O) groups excluding carboxylic acids is 1. The van der Waals surface area contributed by atoms with Gasteiger partial charge in [0.05, 0.1) is 32.6 Å². The zero-order valence-corrected chi connectivity index (χ0v) is 11.4. The normalized spacial score (nSPS) is 21.6. The summed E-state index contributed by atoms with van der Waals surface area (Å²) in [4.78, 5) is 13.7. The summed E-state index contributed by atoms with van der Waals surface area (Å²) in [5, 5.41) is 0. The number of hydrogen-bond donors (Lipinski definition) is 0. The second-order valence-electron chi connectivity index (χ2n) is 5.21. The van der Waals surface area contributed by atoms with Crippen LogP contribution >= 0.6 is 0 Å². The molecular weight excluding hydrogens is 218 g/mol. The van der Waals surface area contributed by atoms with E-state index in [9.17, 15) is 4.79 Å². The fourth-order valence-corrected chi connectivity index (χ4v) is 1.89. The molecule has 4 heteroatoms. The van der Waals surface area contributed by atoms with Gasteiger partial charge in [0, 0.05) is 18.4 Å². The van der Waals surface area contributed by atoms with Crippen LogP contribution < -0.4 is 0 Å². The molecule has 0 aromatic heterocycles. The highest BCUT2D eigenvalue weighted by Crippen LogP contribution is 2.13. The third-order valence-electron chi connectivity index (χ3n) is 3.13. The molecule has 100 valence electrons. The standard InChI is InChI=1S/C13H25NO3/c1-10(2)13(15)5-6-16-7-12-8-17-9-14(12)11(3)4/h10-12H,5-9H2,1-4H3. The Hall–Kier alpha value is -0.450. The van der Waals surface area contributed by atoms with Crippen molar-refractivity contribution in [2.75, 3.05) is 26.6 Å². The van der Waals surface area contributed by atoms with E-state index in [1.54, 1.807) is 0 Å². The second kappa shape index (κ2) is 7.09. The second-order valence-corrected chi connectivity index (χ2v) is 5.21. The van der Waals surface area contributed by atoms with Gasteiger partial charge in [0.15, 0.2) is 0 Å². The molecule has 0 radical (unpaired) electrons. The molecule has 0 saturated carbocycles. The predicted molar refractivity (Wildman–Crippen MR) is 66.9 cm³/mol. The van der Waals surface area contributed by atoms with Gasteiger partial charge >= 0.3 is 0 Å². The first-order valence-corrected chi connectivity index (χ1v) is 6.46. The molecule has 1 aliphatic rings. The zero-order chi connectivity index (χ0) is 12.8. The van der Waals surface area contributed by atoms with Crippen molar-refractivity contribution in [1.82, 2.24) is 4.90 Å². The van der Waals surface area contributed by atoms with E-state index in [1.165, 1.54) is 0 Å². The minimum absolute atomic E-state index is 0.112. The van der Waals surface area contributed by atoms with E-state index in [1.807, 2.05) is 13.8 Å². The Bertz CT molecular complexity index is 241. The first kappa shape index (κ1) is 14.6. The quantitative estimate of drug-likeness (QED) is 0.638. The molecule has 1 rings (SSSR count). The van der Waals surface area contributed by atoms with Crippen molar-refractivity contribution in [2.45, 2.75) is 46.2 Å². The lowest BCUT2D eigenvalue weighted by Crippen LogP contribution is -2.39. The summed E-state index contributed by atoms with van der Waals surface area (Å²) in [5.74, 6) is 0.383. The number of carbonyl (C=O) groups is 1. The van der Waals surface area contributed by atoms with Crippen LogP contribution in [0, 0.1) is 5.92 Å². The Labute approximate surface area is 104 Å². The van der Waals surface area contributed by atoms with Crippen LogP contribution in [0.15, 0.2) is 0 Å². The van der Waals surface area contributed by atoms with Crippen molar-refractivity contribution >= 4 is 5.78 Å². The van der Waals surface area contributed by atoms with Crippen LogP contribution in [0.5, 0.6) is 0 Å². The Kier molecular flexibility index (Phi) is 6.09. The van der Waals surface area contributed by atoms with Crippen LogP contribution in [-0.4, -0.2) is 49.3 Å². The Morgan fingerprint density at radius 3 is 2.71 bits per heavy atom. The molecule has 1 atom stereocenters. The molecule has 0 bridgehead atoms. The summed E-state index contributed by atoms with van der Waals surface area (Å²) in [6.07, 6.45) is 0.521. The van der Waals surface area contributed by atoms with E-state index < -0.39 is 0 Å². The Morgan fingerprint density at radius 1 is 1.41 bits per heavy atom. The topological polar surface area (TPSA) is 38.8 Å². The van der Waals surface area contributed by atoms with E-state index >= 15 is 0 Å². The smallest absolute Gasteiger partial charge is 0.137 e. The number of ketones is 1. The third kappa shape index (κ3) is 4.74. The van der Waals surface area contributed by atoms with Gasteiger partial charge in [-0.2, -0.15) is 0 Å². The van der Waals surface area contributed by atoms with Crippen molar-refractivity contribution in [3.8, 4) is 0 Å². The lowest BCUT2D eigenvalue weighted by Gasteiger charge is -2.25. The molecule has 0 aromatic rings. The van der Waals surface area contributed by atoms with Crippen LogP contribution in [0.4, 0.5) is 0 Å². The third-order valence-corrected chi connectivity index (χ3v) is 3.13. The van der Waals surface area contributed by atoms with Gasteiger partial charge in [-0.15, -0.1) is 0 Å². The average Bonchev–Trinajstić information content (AvgIpc) is 2.72. The van der Waals surface area contributed by atoms with Gasteiger partial charge in [-0.05, 0) is 13.8 Å². The fourth-order valence-electron chi connectivity index (χ4n) is 1.89. The summed E-state index contributed by atoms with van der Waals surface area (Å²) in [6, 6.07) is 0.813. The first-order chi connectivity index (χ1) is 8.02. The molecule has 1 fully saturated rings. The molecule has 1 heterocycles. The van der Waals surface area contributed by atoms with Gasteiger partial charge in [-0.3, -0.25) is 9.69 Å². The minimum atomic E-state index is 0.112. The number of hydrogen-bond acceptors (Lipinski definition) is 4. The van der Waals surface area contributed by atoms with Crippen molar-refractivity contribution in [2.24, 2.45) is 5.92 Å². The van der Waals surface area contributed by atoms with Crippen LogP contribution in [0.2, 0.25) is 0 Å². The van der Waals surface area contributed by atoms with E-state index in [4.69, 9.17) is 9.47 Å². The largest absolute Gasteiger partial charge is 0.379 e. The molecule has 1 saturated heterocycles. The minimum Gasteiger partial charge on any atom is -0.379 e. The molecule has 0 aliphatic carbocycles. The van der Waals surface area contributed by atoms with Crippen LogP contribution in [-0.2, 0) is 14.3 Å². The Balaban J connectivity index is 2.16. The van der Waals surface area contributed by atoms with E-state index in [0.29, 0.717) is 38.4 Å². The summed E-state index contributed by atoms with van der Waals surface area (Å²) in [7, 11) is 0. The highest BCUT2D eigenvalue weighted by atomic mass is 16.5. The maximum Gasteiger partial charge on any atom is 0.137 e. The Morgan fingerprint density at radius 2 is 2.12 bits per heavy atom. The molecule has 4 nitrogen and oxygen atoms in total. The van der Waals surface area contributed by atoms with Crippen LogP contribution in [0.3, 0.4) is 0 Å². The van der Waals surface area contributed by atoms with Gasteiger partial charge in [-0.1, -0.05) is 13.8 Å². The molecule has 0 spiro atoms. The summed E-state index contributed by atoms with van der Waals surface area (Å²) < 4.78 is 11.0. The van der Waals surface area contributed by atoms with E-state index in [2.05, 4.69) is 18.7 Å². The molecule has 0 aromatic carbocycles. The number of Topliss-reactive ketones (excluding diaryl/α,β-unsaturated/α-hetero) is 1. The molecular formula is C13H25NO3. The van der Waals surface area contributed by atoms with Gasteiger partial charge in [0.2, 0.25) is 0 Å². The van der Waals surface area contributed by atoms with Crippen molar-refractivity contribution in [3.63, 3.8) is 0 Å². The molecule has 17 heavy (non-hydrogen) atoms. The predicted octanol–water partition coefficient (Wildman–Crippen LogP) is 1.68. The molecule has 1 aliphatic heterocycles. The van der Waals surface area contributed by atoms with Crippen LogP contribution in [0.25, 0.3) is 0 Å². The first-order valence-electron chi connectivity index (χ1n) is 6.46.